The molecule has 318 valence electrons. The highest BCUT2D eigenvalue weighted by atomic mass is 32.2. The van der Waals surface area contributed by atoms with Gasteiger partial charge in [-0.05, 0) is 74.3 Å². The van der Waals surface area contributed by atoms with Crippen molar-refractivity contribution in [2.75, 3.05) is 60.5 Å². The van der Waals surface area contributed by atoms with E-state index in [0.717, 1.165) is 111 Å². The van der Waals surface area contributed by atoms with Gasteiger partial charge in [0.1, 0.15) is 17.6 Å². The van der Waals surface area contributed by atoms with Gasteiger partial charge in [-0.1, -0.05) is 43.9 Å². The van der Waals surface area contributed by atoms with Crippen LogP contribution in [0.3, 0.4) is 0 Å². The van der Waals surface area contributed by atoms with Gasteiger partial charge in [0.2, 0.25) is 27.8 Å². The molecule has 4 amide bonds. The monoisotopic (exact) mass is 848 g/mol. The summed E-state index contributed by atoms with van der Waals surface area (Å²) < 4.78 is 33.8. The molecule has 0 saturated carbocycles. The van der Waals surface area contributed by atoms with Crippen molar-refractivity contribution >= 4 is 62.3 Å². The lowest BCUT2D eigenvalue weighted by atomic mass is 10.0. The SMILES string of the molecule is CS(=O)(=O)Nc1cccc(-c2ccc3cnc(Nc4ccc(N5CCN(CCCCCCCCOc6cccc7c6C(=O)N(C6CCC(=O)NC6=O)C7=O)CC5)nc4)nn23)c1. The maximum absolute atomic E-state index is 13.3. The number of hydrogen-bond donors (Lipinski definition) is 3. The predicted octanol–water partition coefficient (Wildman–Crippen LogP) is 4.85. The van der Waals surface area contributed by atoms with Gasteiger partial charge >= 0.3 is 0 Å². The third-order valence-electron chi connectivity index (χ3n) is 11.1. The fraction of sp³-hybridized carbons (Fsp3) is 0.372. The molecule has 1 unspecified atom stereocenters. The van der Waals surface area contributed by atoms with Crippen LogP contribution in [0.4, 0.5) is 23.1 Å². The quantitative estimate of drug-likeness (QED) is 0.0849. The van der Waals surface area contributed by atoms with Crippen molar-refractivity contribution in [2.24, 2.45) is 0 Å². The van der Waals surface area contributed by atoms with Crippen molar-refractivity contribution in [3.63, 3.8) is 0 Å². The van der Waals surface area contributed by atoms with Crippen molar-refractivity contribution in [1.82, 2.24) is 34.7 Å². The highest BCUT2D eigenvalue weighted by Gasteiger charge is 2.46. The van der Waals surface area contributed by atoms with E-state index in [0.29, 0.717) is 24.0 Å². The molecular formula is C43H48N10O7S. The van der Waals surface area contributed by atoms with Crippen LogP contribution in [-0.2, 0) is 19.6 Å². The van der Waals surface area contributed by atoms with Crippen LogP contribution in [0.2, 0.25) is 0 Å². The van der Waals surface area contributed by atoms with Gasteiger partial charge in [-0.3, -0.25) is 39.0 Å². The first-order chi connectivity index (χ1) is 29.5. The standard InChI is InChI=1S/C43H48N10O7S/c1-61(58,59)49-30-11-8-10-29(26-30)34-16-15-32-28-45-43(48-53(32)34)46-31-14-18-37(44-27-31)51-23-21-50(22-24-51)20-6-4-2-3-5-7-25-60-36-13-9-12-33-39(36)42(57)52(41(33)56)35-17-19-38(54)47-40(35)55/h8-16,18,26-28,35,49H,2-7,17,19-25H2,1H3,(H,46,48)(H,47,54,55). The van der Waals surface area contributed by atoms with E-state index in [1.165, 1.54) is 0 Å². The number of aromatic nitrogens is 4. The van der Waals surface area contributed by atoms with Crippen LogP contribution in [0.1, 0.15) is 72.1 Å². The Morgan fingerprint density at radius 3 is 2.38 bits per heavy atom. The molecule has 5 aromatic rings. The summed E-state index contributed by atoms with van der Waals surface area (Å²) in [6.45, 7) is 5.23. The average Bonchev–Trinajstić information content (AvgIpc) is 3.78. The summed E-state index contributed by atoms with van der Waals surface area (Å²) >= 11 is 0. The number of carbonyl (C=O) groups is 4. The largest absolute Gasteiger partial charge is 0.493 e. The van der Waals surface area contributed by atoms with Crippen molar-refractivity contribution in [3.05, 3.63) is 90.3 Å². The van der Waals surface area contributed by atoms with Gasteiger partial charge in [-0.25, -0.2) is 22.9 Å². The second-order valence-electron chi connectivity index (χ2n) is 15.5. The van der Waals surface area contributed by atoms with Gasteiger partial charge in [0.25, 0.3) is 11.8 Å². The zero-order valence-electron chi connectivity index (χ0n) is 33.9. The first kappa shape index (κ1) is 41.3. The molecule has 18 heteroatoms. The van der Waals surface area contributed by atoms with Crippen molar-refractivity contribution in [2.45, 2.75) is 57.4 Å². The number of ether oxygens (including phenoxy) is 1. The first-order valence-electron chi connectivity index (χ1n) is 20.6. The van der Waals surface area contributed by atoms with Crippen LogP contribution >= 0.6 is 0 Å². The van der Waals surface area contributed by atoms with Gasteiger partial charge in [0.05, 0.1) is 53.3 Å². The summed E-state index contributed by atoms with van der Waals surface area (Å²) in [6.07, 6.45) is 11.1. The van der Waals surface area contributed by atoms with E-state index in [1.54, 1.807) is 53.3 Å². The van der Waals surface area contributed by atoms with E-state index in [2.05, 4.69) is 30.1 Å². The topological polar surface area (TPSA) is 201 Å². The Bertz CT molecular complexity index is 2560. The molecule has 61 heavy (non-hydrogen) atoms. The third-order valence-corrected chi connectivity index (χ3v) is 11.7. The maximum Gasteiger partial charge on any atom is 0.266 e. The Balaban J connectivity index is 0.723. The Morgan fingerprint density at radius 2 is 1.61 bits per heavy atom. The molecule has 2 saturated heterocycles. The first-order valence-corrected chi connectivity index (χ1v) is 22.5. The zero-order valence-corrected chi connectivity index (χ0v) is 34.7. The Morgan fingerprint density at radius 1 is 0.820 bits per heavy atom. The van der Waals surface area contributed by atoms with Crippen LogP contribution in [0.5, 0.6) is 5.75 Å². The molecule has 3 N–H and O–H groups in total. The van der Waals surface area contributed by atoms with Gasteiger partial charge in [-0.2, -0.15) is 0 Å². The van der Waals surface area contributed by atoms with Crippen LogP contribution in [-0.4, -0.2) is 113 Å². The number of amides is 4. The number of nitrogens with one attached hydrogen (secondary N) is 3. The van der Waals surface area contributed by atoms with Crippen LogP contribution in [0.25, 0.3) is 16.8 Å². The predicted molar refractivity (Wildman–Crippen MR) is 229 cm³/mol. The molecule has 17 nitrogen and oxygen atoms in total. The molecule has 3 aliphatic heterocycles. The van der Waals surface area contributed by atoms with Crippen LogP contribution in [0.15, 0.2) is 79.1 Å². The number of rotatable bonds is 17. The third kappa shape index (κ3) is 9.65. The number of hydrogen-bond acceptors (Lipinski definition) is 13. The molecule has 0 radical (unpaired) electrons. The molecule has 3 aliphatic rings. The molecule has 2 fully saturated rings. The summed E-state index contributed by atoms with van der Waals surface area (Å²) in [5.74, 6) is -0.468. The molecule has 0 aliphatic carbocycles. The van der Waals surface area contributed by atoms with E-state index in [1.807, 2.05) is 30.3 Å². The molecule has 3 aromatic heterocycles. The van der Waals surface area contributed by atoms with Gasteiger partial charge in [-0.15, -0.1) is 5.10 Å². The number of sulfonamides is 1. The maximum atomic E-state index is 13.3. The summed E-state index contributed by atoms with van der Waals surface area (Å²) in [6, 6.07) is 18.9. The lowest BCUT2D eigenvalue weighted by Gasteiger charge is -2.35. The van der Waals surface area contributed by atoms with Crippen LogP contribution in [0, 0.1) is 0 Å². The number of imide groups is 2. The minimum atomic E-state index is -3.41. The molecule has 0 spiro atoms. The fourth-order valence-corrected chi connectivity index (χ4v) is 8.60. The fourth-order valence-electron chi connectivity index (χ4n) is 8.04. The molecule has 2 aromatic carbocycles. The number of piperazine rings is 1. The van der Waals surface area contributed by atoms with Gasteiger partial charge < -0.3 is 15.0 Å². The summed E-state index contributed by atoms with van der Waals surface area (Å²) in [4.78, 5) is 65.3. The van der Waals surface area contributed by atoms with Crippen LogP contribution < -0.4 is 25.0 Å². The van der Waals surface area contributed by atoms with Crippen molar-refractivity contribution in [1.29, 1.82) is 0 Å². The van der Waals surface area contributed by atoms with E-state index in [9.17, 15) is 27.6 Å². The second kappa shape index (κ2) is 18.1. The number of unbranched alkanes of at least 4 members (excludes halogenated alkanes) is 5. The minimum Gasteiger partial charge on any atom is -0.493 e. The lowest BCUT2D eigenvalue weighted by molar-refractivity contribution is -0.136. The Kier molecular flexibility index (Phi) is 12.2. The number of fused-ring (bicyclic) bond motifs is 2. The minimum absolute atomic E-state index is 0.0738. The number of anilines is 4. The number of nitrogens with zero attached hydrogens (tertiary/aromatic N) is 7. The lowest BCUT2D eigenvalue weighted by Crippen LogP contribution is -2.54. The zero-order chi connectivity index (χ0) is 42.5. The normalized spacial score (nSPS) is 17.2. The van der Waals surface area contributed by atoms with Gasteiger partial charge in [0, 0.05) is 43.9 Å². The number of pyridine rings is 1. The summed E-state index contributed by atoms with van der Waals surface area (Å²) in [5.41, 5.74) is 4.03. The highest BCUT2D eigenvalue weighted by molar-refractivity contribution is 7.92. The average molecular weight is 849 g/mol. The molecule has 6 heterocycles. The van der Waals surface area contributed by atoms with E-state index in [4.69, 9.17) is 14.8 Å². The van der Waals surface area contributed by atoms with Crippen molar-refractivity contribution < 1.29 is 32.3 Å². The summed E-state index contributed by atoms with van der Waals surface area (Å²) in [5, 5.41) is 10.2. The Labute approximate surface area is 353 Å². The van der Waals surface area contributed by atoms with Gasteiger partial charge in [0.15, 0.2) is 0 Å². The molecule has 1 atom stereocenters. The number of carbonyl (C=O) groups excluding carboxylic acids is 4. The van der Waals surface area contributed by atoms with E-state index < -0.39 is 39.7 Å². The molecule has 8 rings (SSSR count). The second-order valence-corrected chi connectivity index (χ2v) is 17.3. The highest BCUT2D eigenvalue weighted by Crippen LogP contribution is 2.34. The molecular weight excluding hydrogens is 801 g/mol. The van der Waals surface area contributed by atoms with E-state index >= 15 is 0 Å². The summed E-state index contributed by atoms with van der Waals surface area (Å²) in [7, 11) is -3.41. The molecule has 0 bridgehead atoms. The Hall–Kier alpha value is -6.40. The smallest absolute Gasteiger partial charge is 0.266 e. The van der Waals surface area contributed by atoms with E-state index in [-0.39, 0.29) is 24.0 Å². The number of benzene rings is 2. The van der Waals surface area contributed by atoms with Crippen molar-refractivity contribution in [3.8, 4) is 17.0 Å². The number of piperidine rings is 1.